The molecule has 1 fully saturated rings. The van der Waals surface area contributed by atoms with Crippen LogP contribution in [0.3, 0.4) is 0 Å². The molecule has 0 aromatic carbocycles. The number of halogens is 1. The van der Waals surface area contributed by atoms with Crippen LogP contribution < -0.4 is 29.6 Å². The Kier molecular flexibility index (Phi) is 3.41. The molecule has 0 amide bonds. The normalized spacial score (nSPS) is 15.3. The van der Waals surface area contributed by atoms with Gasteiger partial charge in [0.15, 0.2) is 0 Å². The van der Waals surface area contributed by atoms with Crippen LogP contribution in [0.25, 0.3) is 11.0 Å². The average molecular weight is 231 g/mol. The summed E-state index contributed by atoms with van der Waals surface area (Å²) in [4.78, 5) is 4.34. The Hall–Kier alpha value is -0.0200. The van der Waals surface area contributed by atoms with Crippen LogP contribution in [0.2, 0.25) is 5.15 Å². The number of hydrogen-bond acceptors (Lipinski definition) is 1. The maximum absolute atomic E-state index is 5.88. The van der Waals surface area contributed by atoms with Gasteiger partial charge in [-0.25, -0.2) is 4.98 Å². The van der Waals surface area contributed by atoms with E-state index in [9.17, 15) is 0 Å². The molecule has 0 radical (unpaired) electrons. The van der Waals surface area contributed by atoms with Crippen molar-refractivity contribution in [3.05, 3.63) is 29.5 Å². The molecule has 74 valence electrons. The Bertz CT molecular complexity index is 482. The van der Waals surface area contributed by atoms with Crippen molar-refractivity contribution in [2.45, 2.75) is 19.4 Å². The van der Waals surface area contributed by atoms with Crippen molar-refractivity contribution < 1.29 is 31.0 Å². The Balaban J connectivity index is 0.000000640. The summed E-state index contributed by atoms with van der Waals surface area (Å²) in [6.45, 7) is 1.09. The topological polar surface area (TPSA) is 17.8 Å². The van der Waals surface area contributed by atoms with Gasteiger partial charge in [0.05, 0.1) is 0 Å². The summed E-state index contributed by atoms with van der Waals surface area (Å²) in [5.41, 5.74) is 1.02. The molecule has 0 spiro atoms. The van der Waals surface area contributed by atoms with E-state index >= 15 is 0 Å². The molecule has 3 rings (SSSR count). The van der Waals surface area contributed by atoms with E-state index in [1.165, 1.54) is 18.2 Å². The first-order chi connectivity index (χ1) is 6.83. The van der Waals surface area contributed by atoms with Gasteiger partial charge < -0.3 is 5.99 Å². The molecule has 1 aliphatic carbocycles. The third kappa shape index (κ3) is 2.39. The van der Waals surface area contributed by atoms with E-state index in [0.29, 0.717) is 5.15 Å². The van der Waals surface area contributed by atoms with Gasteiger partial charge in [-0.3, -0.25) is 0 Å². The maximum atomic E-state index is 5.88. The van der Waals surface area contributed by atoms with E-state index < -0.39 is 0 Å². The fraction of sp³-hybridized carbons (Fsp3) is 0.364. The van der Waals surface area contributed by atoms with Gasteiger partial charge in [0.2, 0.25) is 0 Å². The van der Waals surface area contributed by atoms with E-state index in [2.05, 4.69) is 21.8 Å². The maximum Gasteiger partial charge on any atom is 1.00 e. The zero-order valence-corrected chi connectivity index (χ0v) is 11.5. The number of aromatic nitrogens is 2. The smallest absolute Gasteiger partial charge is 1.00 e. The van der Waals surface area contributed by atoms with Gasteiger partial charge >= 0.3 is 29.6 Å². The minimum Gasteiger partial charge on any atom is -1.00 e. The molecule has 2 aromatic rings. The second-order valence-corrected chi connectivity index (χ2v) is 4.35. The van der Waals surface area contributed by atoms with Crippen LogP contribution in [0.15, 0.2) is 24.4 Å². The minimum atomic E-state index is 0. The third-order valence-corrected chi connectivity index (χ3v) is 2.94. The van der Waals surface area contributed by atoms with Gasteiger partial charge in [0.25, 0.3) is 0 Å². The molecular weight excluding hydrogens is 219 g/mol. The average Bonchev–Trinajstić information content (AvgIpc) is 2.90. The molecule has 4 heteroatoms. The number of fused-ring (bicyclic) bond motifs is 1. The van der Waals surface area contributed by atoms with Crippen LogP contribution in [0.1, 0.15) is 14.3 Å². The fourth-order valence-corrected chi connectivity index (χ4v) is 1.91. The van der Waals surface area contributed by atoms with Crippen molar-refractivity contribution in [2.24, 2.45) is 5.92 Å². The van der Waals surface area contributed by atoms with Crippen LogP contribution in [0.5, 0.6) is 0 Å². The summed E-state index contributed by atoms with van der Waals surface area (Å²) < 4.78 is 2.21. The predicted molar refractivity (Wildman–Crippen MR) is 58.6 cm³/mol. The molecule has 1 aliphatic rings. The number of hydrogen-bond donors (Lipinski definition) is 0. The van der Waals surface area contributed by atoms with E-state index in [4.69, 9.17) is 11.6 Å². The molecule has 0 N–H and O–H groups in total. The molecule has 0 atom stereocenters. The van der Waals surface area contributed by atoms with Gasteiger partial charge in [0, 0.05) is 18.1 Å². The summed E-state index contributed by atoms with van der Waals surface area (Å²) >= 11 is 5.88. The summed E-state index contributed by atoms with van der Waals surface area (Å²) in [6, 6.07) is 5.96. The Morgan fingerprint density at radius 3 is 2.93 bits per heavy atom. The first-order valence-electron chi connectivity index (χ1n) is 4.94. The molecule has 0 saturated heterocycles. The molecule has 2 heterocycles. The minimum absolute atomic E-state index is 0. The largest absolute Gasteiger partial charge is 1.00 e. The molecular formula is C11H12ClN2Na. The van der Waals surface area contributed by atoms with E-state index in [0.717, 1.165) is 18.1 Å². The van der Waals surface area contributed by atoms with Crippen LogP contribution in [0, 0.1) is 5.92 Å². The van der Waals surface area contributed by atoms with Gasteiger partial charge in [-0.2, -0.15) is 0 Å². The molecule has 0 aliphatic heterocycles. The second kappa shape index (κ2) is 4.46. The quantitative estimate of drug-likeness (QED) is 0.533. The monoisotopic (exact) mass is 230 g/mol. The Morgan fingerprint density at radius 2 is 2.20 bits per heavy atom. The zero-order chi connectivity index (χ0) is 9.54. The number of rotatable bonds is 2. The summed E-state index contributed by atoms with van der Waals surface area (Å²) in [5, 5.41) is 1.75. The molecule has 2 aromatic heterocycles. The predicted octanol–water partition coefficient (Wildman–Crippen LogP) is 0.216. The van der Waals surface area contributed by atoms with Gasteiger partial charge in [-0.1, -0.05) is 11.6 Å². The summed E-state index contributed by atoms with van der Waals surface area (Å²) in [6.07, 6.45) is 4.83. The molecule has 15 heavy (non-hydrogen) atoms. The van der Waals surface area contributed by atoms with Crippen molar-refractivity contribution >= 4 is 22.6 Å². The van der Waals surface area contributed by atoms with Crippen molar-refractivity contribution in [3.63, 3.8) is 0 Å². The SMILES string of the molecule is Clc1ccc2ccn(CC3CC3)c2n1.[H-].[Na+]. The third-order valence-electron chi connectivity index (χ3n) is 2.73. The fourth-order valence-electron chi connectivity index (χ4n) is 1.76. The molecule has 1 saturated carbocycles. The van der Waals surface area contributed by atoms with Crippen LogP contribution in [-0.4, -0.2) is 9.55 Å². The van der Waals surface area contributed by atoms with Crippen LogP contribution >= 0.6 is 11.6 Å². The van der Waals surface area contributed by atoms with Crippen molar-refractivity contribution in [1.29, 1.82) is 0 Å². The van der Waals surface area contributed by atoms with Crippen molar-refractivity contribution in [1.82, 2.24) is 9.55 Å². The molecule has 2 nitrogen and oxygen atoms in total. The first-order valence-corrected chi connectivity index (χ1v) is 5.32. The van der Waals surface area contributed by atoms with Gasteiger partial charge in [-0.05, 0) is 37.0 Å². The Labute approximate surface area is 117 Å². The van der Waals surface area contributed by atoms with Gasteiger partial charge in [-0.15, -0.1) is 0 Å². The Morgan fingerprint density at radius 1 is 1.40 bits per heavy atom. The number of nitrogens with zero attached hydrogens (tertiary/aromatic N) is 2. The van der Waals surface area contributed by atoms with Gasteiger partial charge in [0.1, 0.15) is 10.8 Å². The van der Waals surface area contributed by atoms with Crippen molar-refractivity contribution in [2.75, 3.05) is 0 Å². The van der Waals surface area contributed by atoms with E-state index in [1.807, 2.05) is 12.1 Å². The molecule has 0 unspecified atom stereocenters. The van der Waals surface area contributed by atoms with Crippen LogP contribution in [-0.2, 0) is 6.54 Å². The van der Waals surface area contributed by atoms with Crippen LogP contribution in [0.4, 0.5) is 0 Å². The number of pyridine rings is 1. The zero-order valence-electron chi connectivity index (χ0n) is 9.78. The van der Waals surface area contributed by atoms with Crippen molar-refractivity contribution in [3.8, 4) is 0 Å². The first kappa shape index (κ1) is 11.5. The summed E-state index contributed by atoms with van der Waals surface area (Å²) in [5.74, 6) is 0.867. The molecule has 0 bridgehead atoms. The van der Waals surface area contributed by atoms with E-state index in [1.54, 1.807) is 0 Å². The second-order valence-electron chi connectivity index (χ2n) is 3.96. The summed E-state index contributed by atoms with van der Waals surface area (Å²) in [7, 11) is 0. The van der Waals surface area contributed by atoms with E-state index in [-0.39, 0.29) is 31.0 Å². The standard InChI is InChI=1S/C11H11ClN2.Na.H/c12-10-4-3-9-5-6-14(11(9)13-10)7-8-1-2-8;;/h3-6,8H,1-2,7H2;;/q;+1;-1.